The van der Waals surface area contributed by atoms with Gasteiger partial charge in [-0.2, -0.15) is 0 Å². The van der Waals surface area contributed by atoms with Crippen molar-refractivity contribution in [3.63, 3.8) is 0 Å². The SMILES string of the molecule is CCCCCCCC(=O)N[C@H](CN1CCC(C)(C)C1)[C@@H](O)c1ccc2c(c1)OCCO2. The average molecular weight is 433 g/mol. The molecule has 1 aromatic carbocycles. The molecule has 6 heteroatoms. The number of aliphatic hydroxyl groups is 1. The zero-order chi connectivity index (χ0) is 22.3. The first-order valence-electron chi connectivity index (χ1n) is 12.0. The molecule has 0 aliphatic carbocycles. The fraction of sp³-hybridized carbons (Fsp3) is 0.720. The van der Waals surface area contributed by atoms with Crippen molar-refractivity contribution in [1.29, 1.82) is 0 Å². The molecule has 2 atom stereocenters. The number of benzene rings is 1. The summed E-state index contributed by atoms with van der Waals surface area (Å²) in [6.45, 7) is 10.4. The second-order valence-electron chi connectivity index (χ2n) is 9.84. The van der Waals surface area contributed by atoms with Gasteiger partial charge in [-0.15, -0.1) is 0 Å². The number of nitrogens with one attached hydrogen (secondary N) is 1. The number of carbonyl (C=O) groups excluding carboxylic acids is 1. The molecule has 1 aromatic rings. The maximum absolute atomic E-state index is 12.7. The van der Waals surface area contributed by atoms with E-state index in [9.17, 15) is 9.90 Å². The Morgan fingerprint density at radius 1 is 1.16 bits per heavy atom. The third-order valence-electron chi connectivity index (χ3n) is 6.35. The molecule has 2 aliphatic heterocycles. The molecule has 0 aromatic heterocycles. The Morgan fingerprint density at radius 3 is 2.61 bits per heavy atom. The summed E-state index contributed by atoms with van der Waals surface area (Å²) in [5, 5.41) is 14.4. The van der Waals surface area contributed by atoms with Crippen LogP contribution in [0.4, 0.5) is 0 Å². The molecule has 1 saturated heterocycles. The van der Waals surface area contributed by atoms with Crippen molar-refractivity contribution in [3.05, 3.63) is 23.8 Å². The van der Waals surface area contributed by atoms with E-state index in [1.807, 2.05) is 18.2 Å². The van der Waals surface area contributed by atoms with Gasteiger partial charge < -0.3 is 24.8 Å². The van der Waals surface area contributed by atoms with E-state index in [0.29, 0.717) is 37.7 Å². The number of hydrogen-bond donors (Lipinski definition) is 2. The van der Waals surface area contributed by atoms with Crippen molar-refractivity contribution >= 4 is 5.91 Å². The lowest BCUT2D eigenvalue weighted by molar-refractivity contribution is -0.123. The Hall–Kier alpha value is -1.79. The number of carbonyl (C=O) groups is 1. The van der Waals surface area contributed by atoms with Crippen molar-refractivity contribution in [2.24, 2.45) is 5.41 Å². The second kappa shape index (κ2) is 11.2. The molecule has 31 heavy (non-hydrogen) atoms. The highest BCUT2D eigenvalue weighted by atomic mass is 16.6. The lowest BCUT2D eigenvalue weighted by Gasteiger charge is -2.30. The van der Waals surface area contributed by atoms with Gasteiger partial charge in [0.2, 0.25) is 5.91 Å². The van der Waals surface area contributed by atoms with E-state index >= 15 is 0 Å². The molecule has 0 radical (unpaired) electrons. The van der Waals surface area contributed by atoms with Crippen molar-refractivity contribution in [1.82, 2.24) is 10.2 Å². The molecule has 174 valence electrons. The van der Waals surface area contributed by atoms with Gasteiger partial charge in [-0.3, -0.25) is 4.79 Å². The minimum absolute atomic E-state index is 0.0246. The standard InChI is InChI=1S/C25H40N2O4/c1-4-5-6-7-8-9-23(28)26-20(17-27-13-12-25(2,3)18-27)24(29)19-10-11-21-22(16-19)31-15-14-30-21/h10-11,16,20,24,29H,4-9,12-15,17-18H2,1-3H3,(H,26,28)/t20-,24+/m1/s1. The number of rotatable bonds is 11. The fourth-order valence-electron chi connectivity index (χ4n) is 4.53. The predicted molar refractivity (Wildman–Crippen MR) is 123 cm³/mol. The van der Waals surface area contributed by atoms with Crippen molar-refractivity contribution in [3.8, 4) is 11.5 Å². The average Bonchev–Trinajstić information content (AvgIpc) is 3.10. The van der Waals surface area contributed by atoms with Gasteiger partial charge in [-0.25, -0.2) is 0 Å². The Morgan fingerprint density at radius 2 is 1.90 bits per heavy atom. The molecule has 0 spiro atoms. The smallest absolute Gasteiger partial charge is 0.220 e. The highest BCUT2D eigenvalue weighted by Gasteiger charge is 2.33. The molecule has 1 fully saturated rings. The van der Waals surface area contributed by atoms with E-state index in [-0.39, 0.29) is 17.4 Å². The minimum Gasteiger partial charge on any atom is -0.486 e. The maximum atomic E-state index is 12.7. The van der Waals surface area contributed by atoms with Crippen LogP contribution < -0.4 is 14.8 Å². The first-order chi connectivity index (χ1) is 14.9. The van der Waals surface area contributed by atoms with Crippen molar-refractivity contribution in [2.45, 2.75) is 77.9 Å². The Balaban J connectivity index is 1.65. The summed E-state index contributed by atoms with van der Waals surface area (Å²) >= 11 is 0. The molecule has 3 rings (SSSR count). The van der Waals surface area contributed by atoms with Gasteiger partial charge in [-0.1, -0.05) is 52.5 Å². The third kappa shape index (κ3) is 7.11. The zero-order valence-corrected chi connectivity index (χ0v) is 19.5. The van der Waals surface area contributed by atoms with Gasteiger partial charge in [0.1, 0.15) is 19.3 Å². The summed E-state index contributed by atoms with van der Waals surface area (Å²) in [6.07, 6.45) is 6.41. The number of ether oxygens (including phenoxy) is 2. The molecule has 1 amide bonds. The first kappa shape index (κ1) is 23.9. The second-order valence-corrected chi connectivity index (χ2v) is 9.84. The van der Waals surface area contributed by atoms with Crippen LogP contribution in [0.5, 0.6) is 11.5 Å². The molecule has 2 aliphatic rings. The molecule has 0 saturated carbocycles. The normalized spacial score (nSPS) is 19.7. The predicted octanol–water partition coefficient (Wildman–Crippen LogP) is 4.07. The van der Waals surface area contributed by atoms with Crippen LogP contribution in [0.15, 0.2) is 18.2 Å². The minimum atomic E-state index is -0.802. The summed E-state index contributed by atoms with van der Waals surface area (Å²) in [6, 6.07) is 5.20. The largest absolute Gasteiger partial charge is 0.486 e. The van der Waals surface area contributed by atoms with Crippen LogP contribution in [0.2, 0.25) is 0 Å². The van der Waals surface area contributed by atoms with Crippen LogP contribution >= 0.6 is 0 Å². The van der Waals surface area contributed by atoms with Gasteiger partial charge in [0.05, 0.1) is 6.04 Å². The summed E-state index contributed by atoms with van der Waals surface area (Å²) in [5.74, 6) is 1.39. The number of fused-ring (bicyclic) bond motifs is 1. The van der Waals surface area contributed by atoms with Crippen LogP contribution in [0.25, 0.3) is 0 Å². The van der Waals surface area contributed by atoms with E-state index in [1.165, 1.54) is 19.3 Å². The summed E-state index contributed by atoms with van der Waals surface area (Å²) in [4.78, 5) is 15.0. The Labute approximate surface area is 187 Å². The van der Waals surface area contributed by atoms with Gasteiger partial charge in [0.15, 0.2) is 11.5 Å². The lowest BCUT2D eigenvalue weighted by Crippen LogP contribution is -2.47. The fourth-order valence-corrected chi connectivity index (χ4v) is 4.53. The number of unbranched alkanes of at least 4 members (excludes halogenated alkanes) is 4. The number of hydrogen-bond acceptors (Lipinski definition) is 5. The van der Waals surface area contributed by atoms with E-state index in [1.54, 1.807) is 0 Å². The third-order valence-corrected chi connectivity index (χ3v) is 6.35. The highest BCUT2D eigenvalue weighted by molar-refractivity contribution is 5.76. The van der Waals surface area contributed by atoms with E-state index in [0.717, 1.165) is 37.9 Å². The molecule has 2 heterocycles. The van der Waals surface area contributed by atoms with Crippen LogP contribution in [-0.2, 0) is 4.79 Å². The maximum Gasteiger partial charge on any atom is 0.220 e. The van der Waals surface area contributed by atoms with Gasteiger partial charge >= 0.3 is 0 Å². The van der Waals surface area contributed by atoms with E-state index in [4.69, 9.17) is 9.47 Å². The number of likely N-dealkylation sites (tertiary alicyclic amines) is 1. The van der Waals surface area contributed by atoms with E-state index < -0.39 is 6.10 Å². The quantitative estimate of drug-likeness (QED) is 0.516. The lowest BCUT2D eigenvalue weighted by atomic mass is 9.93. The van der Waals surface area contributed by atoms with Crippen LogP contribution in [0, 0.1) is 5.41 Å². The molecule has 2 N–H and O–H groups in total. The number of amides is 1. The molecular formula is C25H40N2O4. The summed E-state index contributed by atoms with van der Waals surface area (Å²) in [7, 11) is 0. The number of nitrogens with zero attached hydrogens (tertiary/aromatic N) is 1. The Bertz CT molecular complexity index is 721. The highest BCUT2D eigenvalue weighted by Crippen LogP contribution is 2.34. The van der Waals surface area contributed by atoms with Gasteiger partial charge in [-0.05, 0) is 42.5 Å². The molecule has 0 bridgehead atoms. The van der Waals surface area contributed by atoms with Crippen LogP contribution in [0.1, 0.15) is 77.4 Å². The first-order valence-corrected chi connectivity index (χ1v) is 12.0. The number of aliphatic hydroxyl groups excluding tert-OH is 1. The summed E-state index contributed by atoms with van der Waals surface area (Å²) < 4.78 is 11.3. The topological polar surface area (TPSA) is 71.0 Å². The Kier molecular flexibility index (Phi) is 8.61. The van der Waals surface area contributed by atoms with E-state index in [2.05, 4.69) is 31.0 Å². The summed E-state index contributed by atoms with van der Waals surface area (Å²) in [5.41, 5.74) is 1.02. The zero-order valence-electron chi connectivity index (χ0n) is 19.5. The van der Waals surface area contributed by atoms with Crippen molar-refractivity contribution < 1.29 is 19.4 Å². The molecule has 0 unspecified atom stereocenters. The molecule has 6 nitrogen and oxygen atoms in total. The van der Waals surface area contributed by atoms with Gasteiger partial charge in [0, 0.05) is 19.5 Å². The monoisotopic (exact) mass is 432 g/mol. The molecular weight excluding hydrogens is 392 g/mol. The van der Waals surface area contributed by atoms with Crippen LogP contribution in [0.3, 0.4) is 0 Å². The van der Waals surface area contributed by atoms with Crippen LogP contribution in [-0.4, -0.2) is 54.8 Å². The van der Waals surface area contributed by atoms with Crippen molar-refractivity contribution in [2.75, 3.05) is 32.8 Å². The van der Waals surface area contributed by atoms with Gasteiger partial charge in [0.25, 0.3) is 0 Å².